The van der Waals surface area contributed by atoms with Crippen molar-refractivity contribution in [2.45, 2.75) is 52.0 Å². The monoisotopic (exact) mass is 401 g/mol. The average molecular weight is 401 g/mol. The van der Waals surface area contributed by atoms with Crippen LogP contribution in [0.2, 0.25) is 0 Å². The Kier molecular flexibility index (Phi) is 4.67. The molecule has 1 spiro atoms. The molecule has 8 nitrogen and oxygen atoms in total. The molecule has 1 aromatic carbocycles. The maximum atomic E-state index is 13.0. The van der Waals surface area contributed by atoms with Gasteiger partial charge in [0, 0.05) is 11.8 Å². The van der Waals surface area contributed by atoms with Crippen LogP contribution in [-0.2, 0) is 9.59 Å². The number of hydrogen-bond acceptors (Lipinski definition) is 5. The standard InChI is InChI=1S/C21H27N3O5/c1-20(2,3)13-6-8-21(9-7-13)18(26)24(19(27)23-21)11-17(25)22-14-4-5-15-16(10-14)29-12-28-15/h4-5,10,13H,6-9,11-12H2,1-3H3,(H,22,25)(H,23,27). The first-order valence-corrected chi connectivity index (χ1v) is 10.0. The summed E-state index contributed by atoms with van der Waals surface area (Å²) in [6.07, 6.45) is 2.99. The third-order valence-corrected chi connectivity index (χ3v) is 6.27. The summed E-state index contributed by atoms with van der Waals surface area (Å²) in [5.41, 5.74) is -0.165. The fourth-order valence-corrected chi connectivity index (χ4v) is 4.45. The average Bonchev–Trinajstić information content (AvgIpc) is 3.20. The highest BCUT2D eigenvalue weighted by Gasteiger charge is 2.53. The number of nitrogens with one attached hydrogen (secondary N) is 2. The summed E-state index contributed by atoms with van der Waals surface area (Å²) in [6.45, 7) is 6.45. The Labute approximate surface area is 169 Å². The van der Waals surface area contributed by atoms with Crippen molar-refractivity contribution in [2.75, 3.05) is 18.7 Å². The molecule has 2 N–H and O–H groups in total. The predicted octanol–water partition coefficient (Wildman–Crippen LogP) is 2.88. The topological polar surface area (TPSA) is 97.0 Å². The van der Waals surface area contributed by atoms with Gasteiger partial charge in [-0.1, -0.05) is 20.8 Å². The minimum absolute atomic E-state index is 0.146. The molecule has 1 saturated carbocycles. The number of nitrogens with zero attached hydrogens (tertiary/aromatic N) is 1. The molecule has 1 saturated heterocycles. The van der Waals surface area contributed by atoms with Crippen molar-refractivity contribution in [1.29, 1.82) is 0 Å². The largest absolute Gasteiger partial charge is 0.454 e. The lowest BCUT2D eigenvalue weighted by molar-refractivity contribution is -0.135. The van der Waals surface area contributed by atoms with Gasteiger partial charge in [0.25, 0.3) is 5.91 Å². The molecule has 3 aliphatic rings. The number of hydrogen-bond donors (Lipinski definition) is 2. The number of amides is 4. The van der Waals surface area contributed by atoms with E-state index in [0.29, 0.717) is 35.9 Å². The normalized spacial score (nSPS) is 26.0. The van der Waals surface area contributed by atoms with Crippen LogP contribution in [0.5, 0.6) is 11.5 Å². The van der Waals surface area contributed by atoms with Crippen molar-refractivity contribution < 1.29 is 23.9 Å². The zero-order valence-corrected chi connectivity index (χ0v) is 17.0. The van der Waals surface area contributed by atoms with Crippen LogP contribution < -0.4 is 20.1 Å². The number of rotatable bonds is 3. The Morgan fingerprint density at radius 3 is 2.59 bits per heavy atom. The van der Waals surface area contributed by atoms with Gasteiger partial charge >= 0.3 is 6.03 Å². The summed E-state index contributed by atoms with van der Waals surface area (Å²) in [6, 6.07) is 4.55. The Morgan fingerprint density at radius 1 is 1.21 bits per heavy atom. The van der Waals surface area contributed by atoms with Gasteiger partial charge in [0.15, 0.2) is 11.5 Å². The van der Waals surface area contributed by atoms with E-state index in [1.165, 1.54) is 0 Å². The highest BCUT2D eigenvalue weighted by molar-refractivity contribution is 6.10. The van der Waals surface area contributed by atoms with E-state index < -0.39 is 17.5 Å². The summed E-state index contributed by atoms with van der Waals surface area (Å²) < 4.78 is 10.5. The van der Waals surface area contributed by atoms with Gasteiger partial charge in [-0.15, -0.1) is 0 Å². The second-order valence-electron chi connectivity index (χ2n) is 9.16. The number of carbonyl (C=O) groups is 3. The van der Waals surface area contributed by atoms with Crippen LogP contribution in [0.1, 0.15) is 46.5 Å². The van der Waals surface area contributed by atoms with E-state index in [2.05, 4.69) is 31.4 Å². The molecular formula is C21H27N3O5. The lowest BCUT2D eigenvalue weighted by Gasteiger charge is -2.40. The van der Waals surface area contributed by atoms with Gasteiger partial charge in [0.2, 0.25) is 12.7 Å². The Bertz CT molecular complexity index is 852. The number of imide groups is 1. The third-order valence-electron chi connectivity index (χ3n) is 6.27. The van der Waals surface area contributed by atoms with Crippen LogP contribution in [0, 0.1) is 11.3 Å². The molecule has 0 unspecified atom stereocenters. The summed E-state index contributed by atoms with van der Waals surface area (Å²) in [5.74, 6) is 0.946. The van der Waals surface area contributed by atoms with Gasteiger partial charge < -0.3 is 20.1 Å². The highest BCUT2D eigenvalue weighted by Crippen LogP contribution is 2.43. The van der Waals surface area contributed by atoms with E-state index in [4.69, 9.17) is 9.47 Å². The van der Waals surface area contributed by atoms with E-state index >= 15 is 0 Å². The second kappa shape index (κ2) is 6.93. The van der Waals surface area contributed by atoms with Gasteiger partial charge in [-0.05, 0) is 49.1 Å². The smallest absolute Gasteiger partial charge is 0.325 e. The number of fused-ring (bicyclic) bond motifs is 1. The van der Waals surface area contributed by atoms with E-state index in [1.807, 2.05) is 0 Å². The Morgan fingerprint density at radius 2 is 1.90 bits per heavy atom. The minimum atomic E-state index is -0.863. The zero-order valence-electron chi connectivity index (χ0n) is 17.0. The van der Waals surface area contributed by atoms with Gasteiger partial charge in [0.1, 0.15) is 12.1 Å². The number of urea groups is 1. The first-order valence-electron chi connectivity index (χ1n) is 10.0. The lowest BCUT2D eigenvalue weighted by atomic mass is 9.67. The maximum absolute atomic E-state index is 13.0. The van der Waals surface area contributed by atoms with E-state index in [9.17, 15) is 14.4 Å². The molecule has 4 rings (SSSR count). The summed E-state index contributed by atoms with van der Waals surface area (Å²) >= 11 is 0. The summed E-state index contributed by atoms with van der Waals surface area (Å²) in [7, 11) is 0. The fourth-order valence-electron chi connectivity index (χ4n) is 4.45. The van der Waals surface area contributed by atoms with Crippen molar-refractivity contribution in [3.8, 4) is 11.5 Å². The molecule has 2 aliphatic heterocycles. The van der Waals surface area contributed by atoms with Crippen molar-refractivity contribution in [3.05, 3.63) is 18.2 Å². The summed E-state index contributed by atoms with van der Waals surface area (Å²) in [4.78, 5) is 39.0. The molecule has 0 radical (unpaired) electrons. The van der Waals surface area contributed by atoms with Crippen LogP contribution >= 0.6 is 0 Å². The van der Waals surface area contributed by atoms with Crippen LogP contribution in [0.3, 0.4) is 0 Å². The summed E-state index contributed by atoms with van der Waals surface area (Å²) in [5, 5.41) is 5.57. The first kappa shape index (κ1) is 19.5. The van der Waals surface area contributed by atoms with Gasteiger partial charge in [-0.25, -0.2) is 4.79 Å². The second-order valence-corrected chi connectivity index (χ2v) is 9.16. The number of anilines is 1. The molecule has 4 amide bonds. The fraction of sp³-hybridized carbons (Fsp3) is 0.571. The highest BCUT2D eigenvalue weighted by atomic mass is 16.7. The minimum Gasteiger partial charge on any atom is -0.454 e. The third kappa shape index (κ3) is 3.63. The maximum Gasteiger partial charge on any atom is 0.325 e. The predicted molar refractivity (Wildman–Crippen MR) is 106 cm³/mol. The Balaban J connectivity index is 1.39. The van der Waals surface area contributed by atoms with E-state index in [0.717, 1.165) is 17.7 Å². The molecule has 8 heteroatoms. The van der Waals surface area contributed by atoms with Crippen molar-refractivity contribution in [3.63, 3.8) is 0 Å². The molecule has 0 aromatic heterocycles. The van der Waals surface area contributed by atoms with Crippen molar-refractivity contribution in [2.24, 2.45) is 11.3 Å². The number of carbonyl (C=O) groups excluding carboxylic acids is 3. The van der Waals surface area contributed by atoms with Crippen molar-refractivity contribution >= 4 is 23.5 Å². The van der Waals surface area contributed by atoms with Gasteiger partial charge in [0.05, 0.1) is 0 Å². The number of ether oxygens (including phenoxy) is 2. The molecule has 1 aromatic rings. The van der Waals surface area contributed by atoms with Gasteiger partial charge in [-0.3, -0.25) is 14.5 Å². The molecule has 2 fully saturated rings. The first-order chi connectivity index (χ1) is 13.7. The zero-order chi connectivity index (χ0) is 20.8. The van der Waals surface area contributed by atoms with Crippen molar-refractivity contribution in [1.82, 2.24) is 10.2 Å². The van der Waals surface area contributed by atoms with E-state index in [-0.39, 0.29) is 24.7 Å². The molecular weight excluding hydrogens is 374 g/mol. The van der Waals surface area contributed by atoms with Crippen LogP contribution in [-0.4, -0.2) is 41.6 Å². The molecule has 2 heterocycles. The molecule has 1 aliphatic carbocycles. The Hall–Kier alpha value is -2.77. The number of benzene rings is 1. The molecule has 0 atom stereocenters. The molecule has 29 heavy (non-hydrogen) atoms. The molecule has 156 valence electrons. The van der Waals surface area contributed by atoms with Crippen LogP contribution in [0.25, 0.3) is 0 Å². The lowest BCUT2D eigenvalue weighted by Crippen LogP contribution is -2.50. The molecule has 0 bridgehead atoms. The van der Waals surface area contributed by atoms with E-state index in [1.54, 1.807) is 18.2 Å². The van der Waals surface area contributed by atoms with Crippen LogP contribution in [0.4, 0.5) is 10.5 Å². The van der Waals surface area contributed by atoms with Crippen LogP contribution in [0.15, 0.2) is 18.2 Å². The SMILES string of the molecule is CC(C)(C)C1CCC2(CC1)NC(=O)N(CC(=O)Nc1ccc3c(c1)OCO3)C2=O. The quantitative estimate of drug-likeness (QED) is 0.759. The van der Waals surface area contributed by atoms with Gasteiger partial charge in [-0.2, -0.15) is 0 Å².